The predicted octanol–water partition coefficient (Wildman–Crippen LogP) is 1.52. The van der Waals surface area contributed by atoms with Crippen LogP contribution in [0.15, 0.2) is 28.7 Å². The van der Waals surface area contributed by atoms with Gasteiger partial charge in [0.2, 0.25) is 11.8 Å². The van der Waals surface area contributed by atoms with Crippen LogP contribution in [0.25, 0.3) is 0 Å². The quantitative estimate of drug-likeness (QED) is 0.864. The summed E-state index contributed by atoms with van der Waals surface area (Å²) in [7, 11) is 0. The first kappa shape index (κ1) is 11.1. The fourth-order valence-electron chi connectivity index (χ4n) is 1.59. The Kier molecular flexibility index (Phi) is 3.24. The highest BCUT2D eigenvalue weighted by molar-refractivity contribution is 9.10. The summed E-state index contributed by atoms with van der Waals surface area (Å²) in [4.78, 5) is 22.8. The minimum absolute atomic E-state index is 0.0627. The van der Waals surface area contributed by atoms with E-state index in [1.807, 2.05) is 24.3 Å². The number of hydrogen-bond donors (Lipinski definition) is 2. The minimum Gasteiger partial charge on any atom is -0.355 e. The number of carbonyl (C=O) groups excluding carboxylic acids is 2. The van der Waals surface area contributed by atoms with Crippen molar-refractivity contribution >= 4 is 33.4 Å². The Labute approximate surface area is 102 Å². The lowest BCUT2D eigenvalue weighted by atomic mass is 10.1. The first-order valence-electron chi connectivity index (χ1n) is 4.99. The highest BCUT2D eigenvalue weighted by Crippen LogP contribution is 2.22. The molecule has 0 aromatic heterocycles. The number of carbonyl (C=O) groups is 2. The van der Waals surface area contributed by atoms with Gasteiger partial charge in [-0.3, -0.25) is 9.59 Å². The van der Waals surface area contributed by atoms with Crippen molar-refractivity contribution in [2.75, 3.05) is 11.9 Å². The van der Waals surface area contributed by atoms with E-state index in [4.69, 9.17) is 0 Å². The van der Waals surface area contributed by atoms with Crippen LogP contribution in [0.4, 0.5) is 5.69 Å². The van der Waals surface area contributed by atoms with E-state index in [0.717, 1.165) is 10.2 Å². The van der Waals surface area contributed by atoms with Gasteiger partial charge in [0.05, 0.1) is 11.6 Å². The van der Waals surface area contributed by atoms with E-state index in [-0.39, 0.29) is 24.2 Å². The van der Waals surface area contributed by atoms with Gasteiger partial charge in [-0.2, -0.15) is 0 Å². The van der Waals surface area contributed by atoms with Crippen molar-refractivity contribution in [2.24, 2.45) is 5.92 Å². The van der Waals surface area contributed by atoms with Crippen molar-refractivity contribution in [3.63, 3.8) is 0 Å². The molecular formula is C11H11BrN2O2. The lowest BCUT2D eigenvalue weighted by molar-refractivity contribution is -0.123. The summed E-state index contributed by atoms with van der Waals surface area (Å²) in [6, 6.07) is 7.39. The highest BCUT2D eigenvalue weighted by atomic mass is 79.9. The van der Waals surface area contributed by atoms with Gasteiger partial charge in [-0.25, -0.2) is 0 Å². The second-order valence-electron chi connectivity index (χ2n) is 3.67. The summed E-state index contributed by atoms with van der Waals surface area (Å²) in [6.07, 6.45) is 0.274. The zero-order valence-electron chi connectivity index (χ0n) is 8.50. The number of hydrogen-bond acceptors (Lipinski definition) is 2. The molecule has 2 rings (SSSR count). The number of halogens is 1. The van der Waals surface area contributed by atoms with Crippen molar-refractivity contribution in [3.05, 3.63) is 28.7 Å². The lowest BCUT2D eigenvalue weighted by Crippen LogP contribution is -2.24. The Balaban J connectivity index is 2.03. The SMILES string of the molecule is O=C1CC(C(=O)Nc2ccccc2Br)CN1. The van der Waals surface area contributed by atoms with E-state index in [1.54, 1.807) is 0 Å². The Morgan fingerprint density at radius 3 is 2.81 bits per heavy atom. The zero-order valence-corrected chi connectivity index (χ0v) is 10.1. The van der Waals surface area contributed by atoms with E-state index in [1.165, 1.54) is 0 Å². The Bertz CT molecular complexity index is 434. The highest BCUT2D eigenvalue weighted by Gasteiger charge is 2.27. The van der Waals surface area contributed by atoms with Crippen molar-refractivity contribution < 1.29 is 9.59 Å². The predicted molar refractivity (Wildman–Crippen MR) is 63.9 cm³/mol. The van der Waals surface area contributed by atoms with E-state index in [0.29, 0.717) is 6.54 Å². The summed E-state index contributed by atoms with van der Waals surface area (Å²) >= 11 is 3.35. The van der Waals surface area contributed by atoms with E-state index in [9.17, 15) is 9.59 Å². The maximum atomic E-state index is 11.8. The maximum Gasteiger partial charge on any atom is 0.229 e. The first-order valence-corrected chi connectivity index (χ1v) is 5.78. The largest absolute Gasteiger partial charge is 0.355 e. The molecule has 1 aliphatic rings. The molecule has 1 aromatic rings. The van der Waals surface area contributed by atoms with Crippen LogP contribution in [0.3, 0.4) is 0 Å². The van der Waals surface area contributed by atoms with Crippen LogP contribution in [-0.4, -0.2) is 18.4 Å². The summed E-state index contributed by atoms with van der Waals surface area (Å²) in [6.45, 7) is 0.426. The van der Waals surface area contributed by atoms with Gasteiger partial charge >= 0.3 is 0 Å². The monoisotopic (exact) mass is 282 g/mol. The standard InChI is InChI=1S/C11H11BrN2O2/c12-8-3-1-2-4-9(8)14-11(16)7-5-10(15)13-6-7/h1-4,7H,5-6H2,(H,13,15)(H,14,16). The molecule has 2 N–H and O–H groups in total. The molecule has 1 heterocycles. The molecule has 1 saturated heterocycles. The summed E-state index contributed by atoms with van der Waals surface area (Å²) in [5.74, 6) is -0.447. The van der Waals surface area contributed by atoms with Crippen LogP contribution in [0.5, 0.6) is 0 Å². The molecule has 16 heavy (non-hydrogen) atoms. The topological polar surface area (TPSA) is 58.2 Å². The Morgan fingerprint density at radius 1 is 1.44 bits per heavy atom. The van der Waals surface area contributed by atoms with Crippen LogP contribution in [0.1, 0.15) is 6.42 Å². The van der Waals surface area contributed by atoms with Gasteiger partial charge in [0.15, 0.2) is 0 Å². The third kappa shape index (κ3) is 2.41. The number of anilines is 1. The fraction of sp³-hybridized carbons (Fsp3) is 0.273. The van der Waals surface area contributed by atoms with E-state index < -0.39 is 0 Å². The minimum atomic E-state index is -0.264. The van der Waals surface area contributed by atoms with Crippen LogP contribution in [0, 0.1) is 5.92 Å². The van der Waals surface area contributed by atoms with Gasteiger partial charge < -0.3 is 10.6 Å². The molecule has 2 amide bonds. The van der Waals surface area contributed by atoms with Gasteiger partial charge in [-0.15, -0.1) is 0 Å². The fourth-order valence-corrected chi connectivity index (χ4v) is 1.97. The summed E-state index contributed by atoms with van der Waals surface area (Å²) in [5, 5.41) is 5.43. The molecule has 1 aromatic carbocycles. The number of benzene rings is 1. The molecule has 0 radical (unpaired) electrons. The molecule has 0 saturated carbocycles. The summed E-state index contributed by atoms with van der Waals surface area (Å²) in [5.41, 5.74) is 0.729. The van der Waals surface area contributed by atoms with Gasteiger partial charge in [0.25, 0.3) is 0 Å². The van der Waals surface area contributed by atoms with Crippen molar-refractivity contribution in [1.82, 2.24) is 5.32 Å². The zero-order chi connectivity index (χ0) is 11.5. The number of nitrogens with one attached hydrogen (secondary N) is 2. The number of para-hydroxylation sites is 1. The third-order valence-electron chi connectivity index (χ3n) is 2.48. The average molecular weight is 283 g/mol. The molecular weight excluding hydrogens is 272 g/mol. The third-order valence-corrected chi connectivity index (χ3v) is 3.17. The van der Waals surface area contributed by atoms with Crippen molar-refractivity contribution in [1.29, 1.82) is 0 Å². The second-order valence-corrected chi connectivity index (χ2v) is 4.53. The molecule has 4 nitrogen and oxygen atoms in total. The van der Waals surface area contributed by atoms with Gasteiger partial charge in [0.1, 0.15) is 0 Å². The molecule has 0 spiro atoms. The maximum absolute atomic E-state index is 11.8. The van der Waals surface area contributed by atoms with E-state index in [2.05, 4.69) is 26.6 Å². The normalized spacial score (nSPS) is 19.3. The Morgan fingerprint density at radius 2 is 2.19 bits per heavy atom. The molecule has 84 valence electrons. The molecule has 0 bridgehead atoms. The van der Waals surface area contributed by atoms with E-state index >= 15 is 0 Å². The van der Waals surface area contributed by atoms with Crippen LogP contribution in [0.2, 0.25) is 0 Å². The number of rotatable bonds is 2. The molecule has 5 heteroatoms. The van der Waals surface area contributed by atoms with Crippen LogP contribution < -0.4 is 10.6 Å². The Hall–Kier alpha value is -1.36. The molecule has 1 unspecified atom stereocenters. The smallest absolute Gasteiger partial charge is 0.229 e. The molecule has 0 aliphatic carbocycles. The average Bonchev–Trinajstić information content (AvgIpc) is 2.68. The molecule has 1 atom stereocenters. The molecule has 1 aliphatic heterocycles. The van der Waals surface area contributed by atoms with Crippen molar-refractivity contribution in [2.45, 2.75) is 6.42 Å². The van der Waals surface area contributed by atoms with Gasteiger partial charge in [-0.1, -0.05) is 12.1 Å². The van der Waals surface area contributed by atoms with Crippen LogP contribution >= 0.6 is 15.9 Å². The summed E-state index contributed by atoms with van der Waals surface area (Å²) < 4.78 is 0.834. The van der Waals surface area contributed by atoms with Gasteiger partial charge in [0, 0.05) is 17.4 Å². The van der Waals surface area contributed by atoms with Gasteiger partial charge in [-0.05, 0) is 28.1 Å². The number of amides is 2. The molecule has 1 fully saturated rings. The second kappa shape index (κ2) is 4.65. The van der Waals surface area contributed by atoms with Crippen molar-refractivity contribution in [3.8, 4) is 0 Å². The first-order chi connectivity index (χ1) is 7.66. The van der Waals surface area contributed by atoms with Crippen LogP contribution in [-0.2, 0) is 9.59 Å². The lowest BCUT2D eigenvalue weighted by Gasteiger charge is -2.10.